The molecule has 1 amide bonds. The largest absolute Gasteiger partial charge is 0.316 e. The first kappa shape index (κ1) is 19.0. The monoisotopic (exact) mass is 414 g/mol. The van der Waals surface area contributed by atoms with Gasteiger partial charge in [0.05, 0.1) is 18.3 Å². The van der Waals surface area contributed by atoms with Crippen molar-refractivity contribution in [2.24, 2.45) is 0 Å². The van der Waals surface area contributed by atoms with Gasteiger partial charge in [0.25, 0.3) is 0 Å². The molecule has 2 N–H and O–H groups in total. The van der Waals surface area contributed by atoms with Crippen molar-refractivity contribution in [3.05, 3.63) is 46.0 Å². The number of thiazole rings is 2. The smallest absolute Gasteiger partial charge is 0.240 e. The lowest BCUT2D eigenvalue weighted by Crippen LogP contribution is -2.33. The minimum absolute atomic E-state index is 0.0335. The topological polar surface area (TPSA) is 83.0 Å². The lowest BCUT2D eigenvalue weighted by molar-refractivity contribution is -0.117. The molecule has 1 saturated heterocycles. The van der Waals surface area contributed by atoms with Crippen LogP contribution in [0.1, 0.15) is 34.3 Å². The van der Waals surface area contributed by atoms with Crippen LogP contribution in [0.15, 0.2) is 30.6 Å². The number of aryl methyl sites for hydroxylation is 2. The van der Waals surface area contributed by atoms with Gasteiger partial charge >= 0.3 is 0 Å². The van der Waals surface area contributed by atoms with Gasteiger partial charge in [0.2, 0.25) is 5.91 Å². The van der Waals surface area contributed by atoms with Crippen molar-refractivity contribution in [2.75, 3.05) is 23.7 Å². The number of likely N-dealkylation sites (tertiary alicyclic amines) is 1. The fraction of sp³-hybridized carbons (Fsp3) is 0.368. The summed E-state index contributed by atoms with van der Waals surface area (Å²) in [6.45, 7) is 5.24. The van der Waals surface area contributed by atoms with E-state index < -0.39 is 0 Å². The number of carbonyl (C=O) groups excluding carboxylic acids is 1. The van der Waals surface area contributed by atoms with Crippen molar-refractivity contribution in [3.8, 4) is 0 Å². The van der Waals surface area contributed by atoms with Crippen molar-refractivity contribution in [3.63, 3.8) is 0 Å². The molecule has 0 aliphatic carbocycles. The van der Waals surface area contributed by atoms with E-state index in [0.717, 1.165) is 45.8 Å². The first-order chi connectivity index (χ1) is 13.6. The van der Waals surface area contributed by atoms with Crippen molar-refractivity contribution < 1.29 is 4.79 Å². The van der Waals surface area contributed by atoms with Gasteiger partial charge in [-0.05, 0) is 45.4 Å². The van der Waals surface area contributed by atoms with E-state index in [1.807, 2.05) is 38.2 Å². The highest BCUT2D eigenvalue weighted by Crippen LogP contribution is 2.31. The highest BCUT2D eigenvalue weighted by molar-refractivity contribution is 7.15. The number of aromatic nitrogens is 3. The zero-order valence-corrected chi connectivity index (χ0v) is 17.4. The Morgan fingerprint density at radius 3 is 2.64 bits per heavy atom. The molecule has 0 aromatic carbocycles. The van der Waals surface area contributed by atoms with E-state index in [-0.39, 0.29) is 11.9 Å². The van der Waals surface area contributed by atoms with Crippen molar-refractivity contribution in [2.45, 2.75) is 32.7 Å². The summed E-state index contributed by atoms with van der Waals surface area (Å²) in [6.07, 6.45) is 5.67. The molecule has 28 heavy (non-hydrogen) atoms. The average Bonchev–Trinajstić information content (AvgIpc) is 3.38. The van der Waals surface area contributed by atoms with Crippen molar-refractivity contribution in [1.82, 2.24) is 19.9 Å². The number of nitrogens with one attached hydrogen (secondary N) is 2. The number of nitrogens with zero attached hydrogens (tertiary/aromatic N) is 4. The Kier molecular flexibility index (Phi) is 5.65. The molecule has 0 spiro atoms. The number of hydrogen-bond acceptors (Lipinski definition) is 8. The SMILES string of the molecule is Cc1cnc(NC(=O)CN2CCC[C@@H]2c2cccc(Nc3ncc(C)s3)n2)s1. The maximum absolute atomic E-state index is 12.4. The first-order valence-electron chi connectivity index (χ1n) is 9.19. The normalized spacial score (nSPS) is 17.0. The molecule has 146 valence electrons. The summed E-state index contributed by atoms with van der Waals surface area (Å²) in [4.78, 5) is 30.2. The van der Waals surface area contributed by atoms with E-state index in [1.165, 1.54) is 11.3 Å². The fourth-order valence-electron chi connectivity index (χ4n) is 3.33. The van der Waals surface area contributed by atoms with Crippen LogP contribution in [0.4, 0.5) is 16.1 Å². The molecule has 4 rings (SSSR count). The van der Waals surface area contributed by atoms with Crippen molar-refractivity contribution in [1.29, 1.82) is 0 Å². The third kappa shape index (κ3) is 4.54. The molecule has 9 heteroatoms. The zero-order chi connectivity index (χ0) is 19.5. The number of anilines is 3. The van der Waals surface area contributed by atoms with Gasteiger partial charge in [-0.1, -0.05) is 6.07 Å². The van der Waals surface area contributed by atoms with Gasteiger partial charge in [-0.2, -0.15) is 0 Å². The summed E-state index contributed by atoms with van der Waals surface area (Å²) < 4.78 is 0. The molecule has 1 aliphatic rings. The highest BCUT2D eigenvalue weighted by atomic mass is 32.1. The lowest BCUT2D eigenvalue weighted by atomic mass is 10.1. The number of rotatable bonds is 6. The molecule has 4 heterocycles. The number of carbonyl (C=O) groups is 1. The van der Waals surface area contributed by atoms with E-state index in [2.05, 4.69) is 25.5 Å². The van der Waals surface area contributed by atoms with Crippen LogP contribution in [0.3, 0.4) is 0 Å². The minimum Gasteiger partial charge on any atom is -0.316 e. The van der Waals surface area contributed by atoms with Gasteiger partial charge in [0.15, 0.2) is 10.3 Å². The average molecular weight is 415 g/mol. The Balaban J connectivity index is 1.42. The second-order valence-electron chi connectivity index (χ2n) is 6.80. The zero-order valence-electron chi connectivity index (χ0n) is 15.8. The van der Waals surface area contributed by atoms with Gasteiger partial charge in [-0.15, -0.1) is 22.7 Å². The molecular weight excluding hydrogens is 392 g/mol. The van der Waals surface area contributed by atoms with Crippen LogP contribution in [0.25, 0.3) is 0 Å². The Hall–Kier alpha value is -2.36. The molecule has 1 atom stereocenters. The van der Waals surface area contributed by atoms with Gasteiger partial charge < -0.3 is 10.6 Å². The van der Waals surface area contributed by atoms with Crippen LogP contribution in [0.5, 0.6) is 0 Å². The lowest BCUT2D eigenvalue weighted by Gasteiger charge is -2.23. The Morgan fingerprint density at radius 1 is 1.18 bits per heavy atom. The van der Waals surface area contributed by atoms with Gasteiger partial charge in [-0.3, -0.25) is 9.69 Å². The standard InChI is InChI=1S/C19H22N6OS2/c1-12-9-20-18(27-12)23-16-7-3-5-14(22-16)15-6-4-8-25(15)11-17(26)24-19-21-10-13(2)28-19/h3,5,7,9-10,15H,4,6,8,11H2,1-2H3,(H,20,22,23)(H,21,24,26)/t15-/m1/s1. The first-order valence-corrected chi connectivity index (χ1v) is 10.8. The Bertz CT molecular complexity index is 969. The molecule has 1 aliphatic heterocycles. The van der Waals surface area contributed by atoms with Crippen LogP contribution in [0, 0.1) is 13.8 Å². The summed E-state index contributed by atoms with van der Waals surface area (Å²) in [6, 6.07) is 6.11. The highest BCUT2D eigenvalue weighted by Gasteiger charge is 2.29. The van der Waals surface area contributed by atoms with E-state index >= 15 is 0 Å². The molecular formula is C19H22N6OS2. The molecule has 0 radical (unpaired) electrons. The summed E-state index contributed by atoms with van der Waals surface area (Å²) >= 11 is 3.09. The predicted molar refractivity (Wildman–Crippen MR) is 113 cm³/mol. The van der Waals surface area contributed by atoms with E-state index in [9.17, 15) is 4.79 Å². The van der Waals surface area contributed by atoms with Crippen LogP contribution in [-0.2, 0) is 4.79 Å². The fourth-order valence-corrected chi connectivity index (χ4v) is 4.69. The molecule has 1 fully saturated rings. The maximum atomic E-state index is 12.4. The third-order valence-electron chi connectivity index (χ3n) is 4.55. The molecule has 7 nitrogen and oxygen atoms in total. The second kappa shape index (κ2) is 8.34. The van der Waals surface area contributed by atoms with Crippen molar-refractivity contribution >= 4 is 44.7 Å². The molecule has 0 unspecified atom stereocenters. The predicted octanol–water partition coefficient (Wildman–Crippen LogP) is 4.13. The van der Waals surface area contributed by atoms with Gasteiger partial charge in [0, 0.05) is 22.1 Å². The minimum atomic E-state index is -0.0335. The van der Waals surface area contributed by atoms with E-state index in [0.29, 0.717) is 11.7 Å². The maximum Gasteiger partial charge on any atom is 0.240 e. The van der Waals surface area contributed by atoms with Gasteiger partial charge in [-0.25, -0.2) is 15.0 Å². The summed E-state index contributed by atoms with van der Waals surface area (Å²) in [7, 11) is 0. The number of hydrogen-bond donors (Lipinski definition) is 2. The van der Waals surface area contributed by atoms with E-state index in [4.69, 9.17) is 4.98 Å². The summed E-state index contributed by atoms with van der Waals surface area (Å²) in [5, 5.41) is 7.66. The second-order valence-corrected chi connectivity index (χ2v) is 9.27. The molecule has 0 saturated carbocycles. The van der Waals surface area contributed by atoms with Crippen LogP contribution < -0.4 is 10.6 Å². The van der Waals surface area contributed by atoms with E-state index in [1.54, 1.807) is 17.5 Å². The Labute approximate surface area is 171 Å². The van der Waals surface area contributed by atoms with Gasteiger partial charge in [0.1, 0.15) is 5.82 Å². The molecule has 0 bridgehead atoms. The van der Waals surface area contributed by atoms with Crippen LogP contribution in [0.2, 0.25) is 0 Å². The summed E-state index contributed by atoms with van der Waals surface area (Å²) in [5.41, 5.74) is 0.980. The molecule has 3 aromatic rings. The van der Waals surface area contributed by atoms with Crippen LogP contribution >= 0.6 is 22.7 Å². The Morgan fingerprint density at radius 2 is 1.93 bits per heavy atom. The molecule has 3 aromatic heterocycles. The number of amides is 1. The quantitative estimate of drug-likeness (QED) is 0.631. The summed E-state index contributed by atoms with van der Waals surface area (Å²) in [5.74, 6) is 0.746. The number of pyridine rings is 1. The third-order valence-corrected chi connectivity index (χ3v) is 6.20. The van der Waals surface area contributed by atoms with Crippen LogP contribution in [-0.4, -0.2) is 38.8 Å².